The van der Waals surface area contributed by atoms with Gasteiger partial charge in [-0.25, -0.2) is 13.2 Å². The number of rotatable bonds is 21. The highest BCUT2D eigenvalue weighted by Gasteiger charge is 2.44. The van der Waals surface area contributed by atoms with Gasteiger partial charge in [0.2, 0.25) is 10.0 Å². The second-order valence-electron chi connectivity index (χ2n) is 12.7. The van der Waals surface area contributed by atoms with Crippen molar-refractivity contribution in [2.24, 2.45) is 11.8 Å². The number of sulfonamides is 1. The molecule has 51 heavy (non-hydrogen) atoms. The van der Waals surface area contributed by atoms with Crippen LogP contribution in [0, 0.1) is 11.8 Å². The van der Waals surface area contributed by atoms with E-state index >= 15 is 0 Å². The van der Waals surface area contributed by atoms with Gasteiger partial charge >= 0.3 is 13.7 Å². The Hall–Kier alpha value is -2.59. The molecule has 3 N–H and O–H groups in total. The minimum atomic E-state index is -4.07. The Morgan fingerprint density at radius 3 is 2.24 bits per heavy atom. The summed E-state index contributed by atoms with van der Waals surface area (Å²) >= 11 is 0. The first-order chi connectivity index (χ1) is 24.4. The standard InChI is InChI=1S/C35H53N2O12PS/c1-5-25(6-2)20-37(51(42,43)29-15-11-27(22-38)12-16-29)21-32(39)31(36-35(40)49-33-23-45-34-30(33)17-18-44-34)19-26-9-13-28(14-10-26)46-24-50(41,47-7-3)48-8-4/h9-16,25,30-34,38-39H,5-8,17-24H2,1-4H3,(H,36,40)/t30-,31-,32+,33-,34+/m0/s1. The fourth-order valence-electron chi connectivity index (χ4n) is 6.15. The van der Waals surface area contributed by atoms with E-state index in [4.69, 9.17) is 28.0 Å². The van der Waals surface area contributed by atoms with E-state index < -0.39 is 48.3 Å². The van der Waals surface area contributed by atoms with E-state index in [1.807, 2.05) is 13.8 Å². The highest BCUT2D eigenvalue weighted by Crippen LogP contribution is 2.47. The molecule has 0 radical (unpaired) electrons. The molecule has 0 saturated carbocycles. The molecule has 2 aromatic carbocycles. The van der Waals surface area contributed by atoms with Gasteiger partial charge < -0.3 is 43.5 Å². The summed E-state index contributed by atoms with van der Waals surface area (Å²) in [5.74, 6) is 0.342. The van der Waals surface area contributed by atoms with Crippen LogP contribution in [0.2, 0.25) is 0 Å². The molecule has 5 atom stereocenters. The van der Waals surface area contributed by atoms with E-state index in [1.165, 1.54) is 16.4 Å². The lowest BCUT2D eigenvalue weighted by Gasteiger charge is -2.32. The van der Waals surface area contributed by atoms with Crippen LogP contribution in [0.25, 0.3) is 0 Å². The topological polar surface area (TPSA) is 179 Å². The molecule has 2 aliphatic heterocycles. The molecule has 2 aliphatic rings. The molecule has 1 amide bonds. The van der Waals surface area contributed by atoms with Gasteiger partial charge in [0.1, 0.15) is 11.9 Å². The van der Waals surface area contributed by atoms with E-state index in [0.29, 0.717) is 29.9 Å². The summed E-state index contributed by atoms with van der Waals surface area (Å²) in [7, 11) is -7.51. The molecule has 0 spiro atoms. The minimum Gasteiger partial charge on any atom is -0.481 e. The predicted octanol–water partition coefficient (Wildman–Crippen LogP) is 4.67. The van der Waals surface area contributed by atoms with Crippen LogP contribution >= 0.6 is 7.60 Å². The van der Waals surface area contributed by atoms with Crippen LogP contribution < -0.4 is 10.1 Å². The number of alkyl carbamates (subject to hydrolysis) is 1. The quantitative estimate of drug-likeness (QED) is 0.150. The summed E-state index contributed by atoms with van der Waals surface area (Å²) < 4.78 is 75.2. The molecule has 4 rings (SSSR count). The molecule has 0 bridgehead atoms. The second-order valence-corrected chi connectivity index (χ2v) is 16.6. The highest BCUT2D eigenvalue weighted by atomic mass is 32.2. The third-order valence-electron chi connectivity index (χ3n) is 9.18. The number of carbonyl (C=O) groups is 1. The number of carbonyl (C=O) groups excluding carboxylic acids is 1. The number of nitrogens with one attached hydrogen (secondary N) is 1. The summed E-state index contributed by atoms with van der Waals surface area (Å²) in [5.41, 5.74) is 1.27. The van der Waals surface area contributed by atoms with Gasteiger partial charge in [-0.1, -0.05) is 51.0 Å². The number of amides is 1. The predicted molar refractivity (Wildman–Crippen MR) is 189 cm³/mol. The summed E-state index contributed by atoms with van der Waals surface area (Å²) in [4.78, 5) is 13.3. The molecular weight excluding hydrogens is 703 g/mol. The molecule has 16 heteroatoms. The molecule has 2 saturated heterocycles. The van der Waals surface area contributed by atoms with E-state index in [9.17, 15) is 28.0 Å². The van der Waals surface area contributed by atoms with E-state index in [-0.39, 0.29) is 69.0 Å². The minimum absolute atomic E-state index is 0.0253. The van der Waals surface area contributed by atoms with Crippen LogP contribution in [0.1, 0.15) is 58.1 Å². The normalized spacial score (nSPS) is 20.4. The molecule has 14 nitrogen and oxygen atoms in total. The summed E-state index contributed by atoms with van der Waals surface area (Å²) in [6, 6.07) is 11.8. The van der Waals surface area contributed by atoms with Gasteiger partial charge in [-0.15, -0.1) is 0 Å². The lowest BCUT2D eigenvalue weighted by molar-refractivity contribution is -0.0907. The molecule has 2 aromatic rings. The van der Waals surface area contributed by atoms with E-state index in [1.54, 1.807) is 50.2 Å². The number of benzene rings is 2. The van der Waals surface area contributed by atoms with Gasteiger partial charge in [0.05, 0.1) is 56.0 Å². The van der Waals surface area contributed by atoms with Crippen molar-refractivity contribution >= 4 is 23.7 Å². The molecule has 2 fully saturated rings. The van der Waals surface area contributed by atoms with Gasteiger partial charge in [-0.3, -0.25) is 4.57 Å². The van der Waals surface area contributed by atoms with E-state index in [0.717, 1.165) is 12.8 Å². The number of aliphatic hydroxyl groups is 2. The lowest BCUT2D eigenvalue weighted by Crippen LogP contribution is -2.52. The van der Waals surface area contributed by atoms with Gasteiger partial charge in [0.15, 0.2) is 12.6 Å². The van der Waals surface area contributed by atoms with Crippen LogP contribution in [0.3, 0.4) is 0 Å². The largest absolute Gasteiger partial charge is 0.481 e. The SMILES string of the molecule is CCOP(=O)(COc1ccc(C[C@H](NC(=O)O[C@H]2CO[C@H]3OCC[C@H]32)[C@H](O)CN(CC(CC)CC)S(=O)(=O)c2ccc(CO)cc2)cc1)OCC. The Morgan fingerprint density at radius 1 is 0.980 bits per heavy atom. The van der Waals surface area contributed by atoms with Crippen molar-refractivity contribution < 1.29 is 56.0 Å². The molecule has 0 aliphatic carbocycles. The van der Waals surface area contributed by atoms with Crippen LogP contribution in [0.5, 0.6) is 5.75 Å². The maximum atomic E-state index is 14.0. The Balaban J connectivity index is 1.55. The first kappa shape index (κ1) is 41.2. The van der Waals surface area contributed by atoms with Gasteiger partial charge in [0.25, 0.3) is 0 Å². The van der Waals surface area contributed by atoms with Crippen molar-refractivity contribution in [1.82, 2.24) is 9.62 Å². The van der Waals surface area contributed by atoms with Crippen molar-refractivity contribution in [3.05, 3.63) is 59.7 Å². The Kier molecular flexibility index (Phi) is 15.7. The molecule has 2 heterocycles. The maximum Gasteiger partial charge on any atom is 0.407 e. The van der Waals surface area contributed by atoms with Gasteiger partial charge in [0, 0.05) is 13.1 Å². The van der Waals surface area contributed by atoms with Crippen LogP contribution in [-0.4, -0.2) is 99.4 Å². The van der Waals surface area contributed by atoms with Crippen molar-refractivity contribution in [3.63, 3.8) is 0 Å². The summed E-state index contributed by atoms with van der Waals surface area (Å²) in [6.45, 7) is 8.13. The zero-order valence-electron chi connectivity index (χ0n) is 29.8. The molecular formula is C35H53N2O12PS. The molecule has 0 unspecified atom stereocenters. The number of ether oxygens (including phenoxy) is 4. The maximum absolute atomic E-state index is 14.0. The number of nitrogens with zero attached hydrogens (tertiary/aromatic N) is 1. The van der Waals surface area contributed by atoms with Crippen molar-refractivity contribution in [3.8, 4) is 5.75 Å². The number of hydrogen-bond donors (Lipinski definition) is 3. The summed E-state index contributed by atoms with van der Waals surface area (Å²) in [6.07, 6.45) is -1.07. The van der Waals surface area contributed by atoms with Crippen molar-refractivity contribution in [1.29, 1.82) is 0 Å². The first-order valence-corrected chi connectivity index (χ1v) is 20.8. The van der Waals surface area contributed by atoms with Gasteiger partial charge in [-0.2, -0.15) is 4.31 Å². The fourth-order valence-corrected chi connectivity index (χ4v) is 9.00. The third kappa shape index (κ3) is 11.4. The Bertz CT molecular complexity index is 1510. The number of fused-ring (bicyclic) bond motifs is 1. The summed E-state index contributed by atoms with van der Waals surface area (Å²) in [5, 5.41) is 24.0. The molecule has 286 valence electrons. The third-order valence-corrected chi connectivity index (χ3v) is 12.8. The second kappa shape index (κ2) is 19.5. The van der Waals surface area contributed by atoms with Crippen LogP contribution in [0.4, 0.5) is 4.79 Å². The molecule has 0 aromatic heterocycles. The Morgan fingerprint density at radius 2 is 1.63 bits per heavy atom. The smallest absolute Gasteiger partial charge is 0.407 e. The van der Waals surface area contributed by atoms with Crippen LogP contribution in [-0.2, 0) is 50.9 Å². The average Bonchev–Trinajstić information content (AvgIpc) is 3.75. The van der Waals surface area contributed by atoms with Crippen molar-refractivity contribution in [2.45, 2.75) is 89.4 Å². The average molecular weight is 757 g/mol. The Labute approximate surface area is 301 Å². The van der Waals surface area contributed by atoms with Crippen molar-refractivity contribution in [2.75, 3.05) is 45.9 Å². The lowest BCUT2D eigenvalue weighted by atomic mass is 10.00. The first-order valence-electron chi connectivity index (χ1n) is 17.6. The van der Waals surface area contributed by atoms with Crippen LogP contribution in [0.15, 0.2) is 53.4 Å². The fraction of sp³-hybridized carbons (Fsp3) is 0.629. The highest BCUT2D eigenvalue weighted by molar-refractivity contribution is 7.89. The number of hydrogen-bond acceptors (Lipinski definition) is 12. The monoisotopic (exact) mass is 756 g/mol. The zero-order chi connectivity index (χ0) is 37.0. The van der Waals surface area contributed by atoms with Gasteiger partial charge in [-0.05, 0) is 68.0 Å². The van der Waals surface area contributed by atoms with E-state index in [2.05, 4.69) is 5.32 Å². The number of aliphatic hydroxyl groups excluding tert-OH is 2. The zero-order valence-corrected chi connectivity index (χ0v) is 31.6.